The molecule has 2 fully saturated rings. The van der Waals surface area contributed by atoms with Gasteiger partial charge in [0.1, 0.15) is 17.2 Å². The number of carbonyl (C=O) groups is 1. The van der Waals surface area contributed by atoms with Crippen molar-refractivity contribution in [1.82, 2.24) is 5.32 Å². The minimum atomic E-state index is -4.24. The van der Waals surface area contributed by atoms with Crippen LogP contribution in [0.1, 0.15) is 49.7 Å². The highest BCUT2D eigenvalue weighted by atomic mass is 32.2. The van der Waals surface area contributed by atoms with E-state index in [0.29, 0.717) is 30.9 Å². The SMILES string of the molecule is O=C(C[C@@H]1CC[C@@]2(S(=O)(=O)c3ccc(CF)cc3)c3c(F)ccc(F)c3OC[C@H]2C1)NCC1CC1. The Balaban J connectivity index is 1.52. The molecule has 35 heavy (non-hydrogen) atoms. The first-order chi connectivity index (χ1) is 16.8. The van der Waals surface area contributed by atoms with Gasteiger partial charge in [0.05, 0.1) is 17.1 Å². The molecular formula is C26H28F3NO4S. The predicted octanol–water partition coefficient (Wildman–Crippen LogP) is 4.83. The van der Waals surface area contributed by atoms with Gasteiger partial charge in [0, 0.05) is 18.9 Å². The molecule has 1 N–H and O–H groups in total. The van der Waals surface area contributed by atoms with Crippen molar-refractivity contribution in [3.05, 3.63) is 59.2 Å². The molecular weight excluding hydrogens is 479 g/mol. The number of amides is 1. The highest BCUT2D eigenvalue weighted by Crippen LogP contribution is 2.57. The summed E-state index contributed by atoms with van der Waals surface area (Å²) in [6.07, 6.45) is 3.22. The van der Waals surface area contributed by atoms with Crippen LogP contribution in [0.15, 0.2) is 41.3 Å². The molecule has 2 aromatic carbocycles. The third kappa shape index (κ3) is 4.21. The average molecular weight is 508 g/mol. The van der Waals surface area contributed by atoms with Crippen LogP contribution in [0.3, 0.4) is 0 Å². The number of alkyl halides is 1. The Morgan fingerprint density at radius 3 is 2.43 bits per heavy atom. The molecule has 0 unspecified atom stereocenters. The maximum Gasteiger partial charge on any atom is 0.220 e. The van der Waals surface area contributed by atoms with E-state index in [1.54, 1.807) is 0 Å². The number of hydrogen-bond acceptors (Lipinski definition) is 4. The molecule has 2 saturated carbocycles. The lowest BCUT2D eigenvalue weighted by molar-refractivity contribution is -0.122. The number of hydrogen-bond donors (Lipinski definition) is 1. The molecule has 3 atom stereocenters. The first kappa shape index (κ1) is 24.2. The maximum atomic E-state index is 15.3. The van der Waals surface area contributed by atoms with Gasteiger partial charge < -0.3 is 10.1 Å². The van der Waals surface area contributed by atoms with E-state index < -0.39 is 38.8 Å². The van der Waals surface area contributed by atoms with E-state index in [0.717, 1.165) is 25.0 Å². The molecule has 1 amide bonds. The summed E-state index contributed by atoms with van der Waals surface area (Å²) in [5, 5.41) is 2.94. The molecule has 1 heterocycles. The lowest BCUT2D eigenvalue weighted by Crippen LogP contribution is -2.52. The Bertz CT molecular complexity index is 1230. The van der Waals surface area contributed by atoms with E-state index in [-0.39, 0.29) is 47.5 Å². The highest BCUT2D eigenvalue weighted by Gasteiger charge is 2.59. The Morgan fingerprint density at radius 1 is 1.03 bits per heavy atom. The second-order valence-corrected chi connectivity index (χ2v) is 12.2. The Kier molecular flexibility index (Phi) is 6.32. The summed E-state index contributed by atoms with van der Waals surface area (Å²) < 4.78 is 75.2. The monoisotopic (exact) mass is 507 g/mol. The fourth-order valence-electron chi connectivity index (χ4n) is 5.67. The van der Waals surface area contributed by atoms with Gasteiger partial charge in [-0.05, 0) is 73.8 Å². The van der Waals surface area contributed by atoms with Crippen molar-refractivity contribution in [2.75, 3.05) is 13.2 Å². The van der Waals surface area contributed by atoms with Crippen molar-refractivity contribution in [2.45, 2.75) is 54.8 Å². The van der Waals surface area contributed by atoms with Crippen molar-refractivity contribution in [1.29, 1.82) is 0 Å². The van der Waals surface area contributed by atoms with Gasteiger partial charge in [0.2, 0.25) is 5.91 Å². The number of benzene rings is 2. The molecule has 1 aliphatic heterocycles. The maximum absolute atomic E-state index is 15.3. The zero-order valence-corrected chi connectivity index (χ0v) is 20.1. The van der Waals surface area contributed by atoms with Gasteiger partial charge >= 0.3 is 0 Å². The fraction of sp³-hybridized carbons (Fsp3) is 0.500. The minimum absolute atomic E-state index is 0.0299. The minimum Gasteiger partial charge on any atom is -0.490 e. The van der Waals surface area contributed by atoms with E-state index in [1.165, 1.54) is 24.3 Å². The third-order valence-corrected chi connectivity index (χ3v) is 10.3. The topological polar surface area (TPSA) is 72.5 Å². The van der Waals surface area contributed by atoms with E-state index in [2.05, 4.69) is 5.32 Å². The molecule has 2 aromatic rings. The number of sulfone groups is 1. The summed E-state index contributed by atoms with van der Waals surface area (Å²) in [6, 6.07) is 7.27. The molecule has 5 nitrogen and oxygen atoms in total. The third-order valence-electron chi connectivity index (χ3n) is 7.74. The van der Waals surface area contributed by atoms with Crippen LogP contribution in [0.5, 0.6) is 5.75 Å². The van der Waals surface area contributed by atoms with E-state index >= 15 is 4.39 Å². The lowest BCUT2D eigenvalue weighted by Gasteiger charge is -2.49. The molecule has 188 valence electrons. The number of fused-ring (bicyclic) bond motifs is 3. The predicted molar refractivity (Wildman–Crippen MR) is 123 cm³/mol. The molecule has 0 saturated heterocycles. The number of nitrogens with one attached hydrogen (secondary N) is 1. The van der Waals surface area contributed by atoms with Crippen molar-refractivity contribution in [3.63, 3.8) is 0 Å². The Morgan fingerprint density at radius 2 is 1.74 bits per heavy atom. The first-order valence-corrected chi connectivity index (χ1v) is 13.5. The summed E-state index contributed by atoms with van der Waals surface area (Å²) in [4.78, 5) is 12.4. The summed E-state index contributed by atoms with van der Waals surface area (Å²) in [5.41, 5.74) is 0.0449. The molecule has 2 aliphatic carbocycles. The second kappa shape index (κ2) is 9.15. The van der Waals surface area contributed by atoms with Crippen LogP contribution in [-0.4, -0.2) is 27.5 Å². The first-order valence-electron chi connectivity index (χ1n) is 12.0. The average Bonchev–Trinajstić information content (AvgIpc) is 3.69. The van der Waals surface area contributed by atoms with Crippen molar-refractivity contribution < 1.29 is 31.1 Å². The molecule has 3 aliphatic rings. The number of halogens is 3. The van der Waals surface area contributed by atoms with Crippen molar-refractivity contribution in [3.8, 4) is 5.75 Å². The van der Waals surface area contributed by atoms with Gasteiger partial charge in [0.15, 0.2) is 21.4 Å². The number of carbonyl (C=O) groups excluding carboxylic acids is 1. The van der Waals surface area contributed by atoms with Crippen molar-refractivity contribution >= 4 is 15.7 Å². The quantitative estimate of drug-likeness (QED) is 0.583. The molecule has 0 bridgehead atoms. The number of ether oxygens (including phenoxy) is 1. The molecule has 0 aromatic heterocycles. The van der Waals surface area contributed by atoms with Crippen LogP contribution >= 0.6 is 0 Å². The summed E-state index contributed by atoms with van der Waals surface area (Å²) in [5.74, 6) is -2.32. The van der Waals surface area contributed by atoms with Gasteiger partial charge in [-0.15, -0.1) is 0 Å². The summed E-state index contributed by atoms with van der Waals surface area (Å²) >= 11 is 0. The van der Waals surface area contributed by atoms with Crippen LogP contribution in [0.4, 0.5) is 13.2 Å². The number of rotatable bonds is 7. The Hall–Kier alpha value is -2.55. The Labute approximate surface area is 203 Å². The molecule has 0 spiro atoms. The van der Waals surface area contributed by atoms with Crippen LogP contribution < -0.4 is 10.1 Å². The molecule has 0 radical (unpaired) electrons. The zero-order valence-electron chi connectivity index (χ0n) is 19.2. The molecule has 5 rings (SSSR count). The van der Waals surface area contributed by atoms with Crippen molar-refractivity contribution in [2.24, 2.45) is 17.8 Å². The normalized spacial score (nSPS) is 25.8. The summed E-state index contributed by atoms with van der Waals surface area (Å²) in [6.45, 7) is -0.187. The van der Waals surface area contributed by atoms with E-state index in [9.17, 15) is 22.0 Å². The zero-order chi connectivity index (χ0) is 24.8. The van der Waals surface area contributed by atoms with Gasteiger partial charge in [-0.3, -0.25) is 4.79 Å². The fourth-order valence-corrected chi connectivity index (χ4v) is 8.04. The van der Waals surface area contributed by atoms with Crippen LogP contribution in [0, 0.1) is 29.4 Å². The smallest absolute Gasteiger partial charge is 0.220 e. The van der Waals surface area contributed by atoms with E-state index in [1.807, 2.05) is 0 Å². The van der Waals surface area contributed by atoms with Crippen LogP contribution in [-0.2, 0) is 26.1 Å². The van der Waals surface area contributed by atoms with Gasteiger partial charge in [0.25, 0.3) is 0 Å². The van der Waals surface area contributed by atoms with Gasteiger partial charge in [-0.2, -0.15) is 0 Å². The largest absolute Gasteiger partial charge is 0.490 e. The standard InChI is InChI=1S/C26H28F3NO4S/c27-13-16-3-5-20(6-4-16)35(32,33)26-10-9-18(12-23(31)30-14-17-1-2-17)11-19(26)15-34-25-22(29)8-7-21(28)24(25)26/h3-8,17-19H,1-2,9-15H2,(H,30,31)/t18-,19-,26+/m1/s1. The second-order valence-electron chi connectivity index (χ2n) is 10.0. The van der Waals surface area contributed by atoms with Gasteiger partial charge in [-0.1, -0.05) is 12.1 Å². The summed E-state index contributed by atoms with van der Waals surface area (Å²) in [7, 11) is -4.24. The van der Waals surface area contributed by atoms with Gasteiger partial charge in [-0.25, -0.2) is 21.6 Å². The lowest BCUT2D eigenvalue weighted by atomic mass is 9.68. The molecule has 9 heteroatoms. The van der Waals surface area contributed by atoms with E-state index in [4.69, 9.17) is 4.74 Å². The van der Waals surface area contributed by atoms with Crippen LogP contribution in [0.2, 0.25) is 0 Å². The highest BCUT2D eigenvalue weighted by molar-refractivity contribution is 7.92. The van der Waals surface area contributed by atoms with Crippen LogP contribution in [0.25, 0.3) is 0 Å².